The molecule has 0 radical (unpaired) electrons. The zero-order valence-electron chi connectivity index (χ0n) is 15.5. The molecule has 0 amide bonds. The molecule has 0 aliphatic carbocycles. The van der Waals surface area contributed by atoms with Crippen LogP contribution in [0.2, 0.25) is 0 Å². The van der Waals surface area contributed by atoms with Crippen molar-refractivity contribution in [1.82, 2.24) is 9.97 Å². The molecule has 4 aromatic carbocycles. The summed E-state index contributed by atoms with van der Waals surface area (Å²) >= 11 is 0. The zero-order valence-corrected chi connectivity index (χ0v) is 15.5. The van der Waals surface area contributed by atoms with Gasteiger partial charge in [-0.1, -0.05) is 60.7 Å². The van der Waals surface area contributed by atoms with E-state index >= 15 is 0 Å². The molecule has 3 nitrogen and oxygen atoms in total. The van der Waals surface area contributed by atoms with Gasteiger partial charge in [0.25, 0.3) is 0 Å². The molecular weight excluding hydrogens is 356 g/mol. The van der Waals surface area contributed by atoms with E-state index in [0.717, 1.165) is 44.1 Å². The number of aromatic nitrogens is 2. The van der Waals surface area contributed by atoms with Crippen LogP contribution in [0.25, 0.3) is 55.4 Å². The van der Waals surface area contributed by atoms with E-state index in [1.807, 2.05) is 48.7 Å². The maximum Gasteiger partial charge on any atom is 0.227 e. The average molecular weight is 372 g/mol. The number of hydrogen-bond donors (Lipinski definition) is 0. The summed E-state index contributed by atoms with van der Waals surface area (Å²) < 4.78 is 6.01. The molecule has 2 aromatic heterocycles. The van der Waals surface area contributed by atoms with Gasteiger partial charge in [-0.25, -0.2) is 4.98 Å². The van der Waals surface area contributed by atoms with Crippen molar-refractivity contribution >= 4 is 32.6 Å². The van der Waals surface area contributed by atoms with Gasteiger partial charge in [0.05, 0.1) is 5.69 Å². The number of hydrogen-bond acceptors (Lipinski definition) is 3. The molecule has 0 aliphatic rings. The van der Waals surface area contributed by atoms with Gasteiger partial charge in [0.15, 0.2) is 5.58 Å². The highest BCUT2D eigenvalue weighted by molar-refractivity contribution is 6.06. The summed E-state index contributed by atoms with van der Waals surface area (Å²) in [5.74, 6) is 0.646. The largest absolute Gasteiger partial charge is 0.436 e. The summed E-state index contributed by atoms with van der Waals surface area (Å²) in [5, 5.41) is 4.55. The van der Waals surface area contributed by atoms with E-state index < -0.39 is 0 Å². The highest BCUT2D eigenvalue weighted by Crippen LogP contribution is 2.33. The van der Waals surface area contributed by atoms with Crippen molar-refractivity contribution in [2.24, 2.45) is 0 Å². The Hall–Kier alpha value is -3.98. The molecular formula is C26H16N2O. The second-order valence-corrected chi connectivity index (χ2v) is 7.11. The van der Waals surface area contributed by atoms with Crippen molar-refractivity contribution in [1.29, 1.82) is 0 Å². The van der Waals surface area contributed by atoms with Crippen LogP contribution in [0.4, 0.5) is 0 Å². The Balaban J connectivity index is 1.54. The van der Waals surface area contributed by atoms with Crippen molar-refractivity contribution in [2.45, 2.75) is 0 Å². The first kappa shape index (κ1) is 16.0. The summed E-state index contributed by atoms with van der Waals surface area (Å²) in [4.78, 5) is 9.44. The summed E-state index contributed by atoms with van der Waals surface area (Å²) in [6.07, 6.45) is 1.87. The molecule has 0 saturated heterocycles. The Morgan fingerprint density at radius 2 is 1.48 bits per heavy atom. The lowest BCUT2D eigenvalue weighted by atomic mass is 10.0. The van der Waals surface area contributed by atoms with Gasteiger partial charge in [-0.3, -0.25) is 4.98 Å². The second kappa shape index (κ2) is 6.28. The number of nitrogens with zero attached hydrogens (tertiary/aromatic N) is 2. The fraction of sp³-hybridized carbons (Fsp3) is 0. The van der Waals surface area contributed by atoms with E-state index in [9.17, 15) is 0 Å². The average Bonchev–Trinajstić information content (AvgIpc) is 3.24. The van der Waals surface area contributed by atoms with E-state index in [4.69, 9.17) is 9.40 Å². The zero-order chi connectivity index (χ0) is 19.2. The van der Waals surface area contributed by atoms with Crippen molar-refractivity contribution in [3.63, 3.8) is 0 Å². The molecule has 0 atom stereocenters. The maximum absolute atomic E-state index is 6.01. The topological polar surface area (TPSA) is 38.9 Å². The quantitative estimate of drug-likeness (QED) is 0.333. The van der Waals surface area contributed by atoms with Crippen molar-refractivity contribution in [2.75, 3.05) is 0 Å². The number of fused-ring (bicyclic) bond motifs is 4. The lowest BCUT2D eigenvalue weighted by molar-refractivity contribution is 0.620. The third-order valence-electron chi connectivity index (χ3n) is 5.34. The lowest BCUT2D eigenvalue weighted by Gasteiger charge is -2.07. The van der Waals surface area contributed by atoms with Gasteiger partial charge in [-0.15, -0.1) is 0 Å². The summed E-state index contributed by atoms with van der Waals surface area (Å²) in [6, 6.07) is 30.9. The SMILES string of the molecule is c1ccc(-c2nc3c(ccc4cc(-c5nccc6ccccc56)ccc43)o2)cc1. The normalized spacial score (nSPS) is 11.4. The van der Waals surface area contributed by atoms with Crippen molar-refractivity contribution in [3.05, 3.63) is 97.2 Å². The molecule has 0 fully saturated rings. The predicted molar refractivity (Wildman–Crippen MR) is 118 cm³/mol. The summed E-state index contributed by atoms with van der Waals surface area (Å²) in [5.41, 5.74) is 4.76. The van der Waals surface area contributed by atoms with Gasteiger partial charge in [0.1, 0.15) is 5.52 Å². The van der Waals surface area contributed by atoms with E-state index in [1.165, 1.54) is 5.39 Å². The third kappa shape index (κ3) is 2.59. The Bertz CT molecular complexity index is 1490. The van der Waals surface area contributed by atoms with Gasteiger partial charge in [0.2, 0.25) is 5.89 Å². The van der Waals surface area contributed by atoms with Crippen LogP contribution >= 0.6 is 0 Å². The van der Waals surface area contributed by atoms with Crippen LogP contribution < -0.4 is 0 Å². The molecule has 0 spiro atoms. The predicted octanol–water partition coefficient (Wildman–Crippen LogP) is 6.86. The van der Waals surface area contributed by atoms with Crippen LogP contribution in [0.3, 0.4) is 0 Å². The first-order valence-corrected chi connectivity index (χ1v) is 9.60. The molecule has 136 valence electrons. The minimum Gasteiger partial charge on any atom is -0.436 e. The highest BCUT2D eigenvalue weighted by atomic mass is 16.3. The lowest BCUT2D eigenvalue weighted by Crippen LogP contribution is -1.86. The van der Waals surface area contributed by atoms with Crippen LogP contribution in [0, 0.1) is 0 Å². The number of rotatable bonds is 2. The van der Waals surface area contributed by atoms with Crippen molar-refractivity contribution in [3.8, 4) is 22.7 Å². The van der Waals surface area contributed by atoms with E-state index in [2.05, 4.69) is 53.5 Å². The first-order valence-electron chi connectivity index (χ1n) is 9.60. The van der Waals surface area contributed by atoms with Gasteiger partial charge in [0, 0.05) is 28.1 Å². The van der Waals surface area contributed by atoms with Crippen LogP contribution in [0.5, 0.6) is 0 Å². The number of oxazole rings is 1. The molecule has 0 N–H and O–H groups in total. The monoisotopic (exact) mass is 372 g/mol. The molecule has 6 aromatic rings. The number of pyridine rings is 1. The van der Waals surface area contributed by atoms with Gasteiger partial charge >= 0.3 is 0 Å². The summed E-state index contributed by atoms with van der Waals surface area (Å²) in [6.45, 7) is 0. The van der Waals surface area contributed by atoms with E-state index in [0.29, 0.717) is 5.89 Å². The fourth-order valence-corrected chi connectivity index (χ4v) is 3.92. The molecule has 0 aliphatic heterocycles. The smallest absolute Gasteiger partial charge is 0.227 e. The Morgan fingerprint density at radius 1 is 0.621 bits per heavy atom. The fourth-order valence-electron chi connectivity index (χ4n) is 3.92. The Labute approximate surface area is 167 Å². The molecule has 29 heavy (non-hydrogen) atoms. The highest BCUT2D eigenvalue weighted by Gasteiger charge is 2.12. The number of benzene rings is 4. The van der Waals surface area contributed by atoms with Crippen LogP contribution in [0.1, 0.15) is 0 Å². The minimum atomic E-state index is 0.646. The van der Waals surface area contributed by atoms with Gasteiger partial charge in [-0.2, -0.15) is 0 Å². The minimum absolute atomic E-state index is 0.646. The van der Waals surface area contributed by atoms with Crippen LogP contribution in [-0.2, 0) is 0 Å². The van der Waals surface area contributed by atoms with Gasteiger partial charge in [-0.05, 0) is 41.1 Å². The maximum atomic E-state index is 6.01. The third-order valence-corrected chi connectivity index (χ3v) is 5.34. The Morgan fingerprint density at radius 3 is 2.41 bits per heavy atom. The van der Waals surface area contributed by atoms with Gasteiger partial charge < -0.3 is 4.42 Å². The summed E-state index contributed by atoms with van der Waals surface area (Å²) in [7, 11) is 0. The van der Waals surface area contributed by atoms with Crippen molar-refractivity contribution < 1.29 is 4.42 Å². The second-order valence-electron chi connectivity index (χ2n) is 7.11. The molecule has 6 rings (SSSR count). The molecule has 0 bridgehead atoms. The molecule has 0 unspecified atom stereocenters. The van der Waals surface area contributed by atoms with Crippen LogP contribution in [0.15, 0.2) is 102 Å². The molecule has 0 saturated carbocycles. The molecule has 2 heterocycles. The van der Waals surface area contributed by atoms with E-state index in [1.54, 1.807) is 0 Å². The van der Waals surface area contributed by atoms with E-state index in [-0.39, 0.29) is 0 Å². The first-order chi connectivity index (χ1) is 14.4. The van der Waals surface area contributed by atoms with Crippen LogP contribution in [-0.4, -0.2) is 9.97 Å². The Kier molecular flexibility index (Phi) is 3.47. The molecule has 3 heteroatoms. The standard InChI is InChI=1S/C26H16N2O/c1-2-7-18(8-3-1)26-28-25-22-12-10-20(16-19(22)11-13-23(25)29-26)24-21-9-5-4-6-17(21)14-15-27-24/h1-16H.